The van der Waals surface area contributed by atoms with Crippen LogP contribution in [0.25, 0.3) is 0 Å². The van der Waals surface area contributed by atoms with Gasteiger partial charge in [-0.2, -0.15) is 0 Å². The first kappa shape index (κ1) is 5.59. The summed E-state index contributed by atoms with van der Waals surface area (Å²) >= 11 is 0. The molecule has 1 saturated heterocycles. The molecule has 1 fully saturated rings. The molecule has 2 nitrogen and oxygen atoms in total. The second-order valence-electron chi connectivity index (χ2n) is 2.58. The van der Waals surface area contributed by atoms with E-state index in [2.05, 4.69) is 17.0 Å². The molecule has 2 N–H and O–H groups in total. The Morgan fingerprint density at radius 3 is 2.20 bits per heavy atom. The molecular formula is C8H10N2. The van der Waals surface area contributed by atoms with E-state index in [1.54, 1.807) is 0 Å². The molecule has 10 heavy (non-hydrogen) atoms. The van der Waals surface area contributed by atoms with Crippen LogP contribution in [0.5, 0.6) is 0 Å². The number of nitrogens with zero attached hydrogens (tertiary/aromatic N) is 1. The lowest BCUT2D eigenvalue weighted by Crippen LogP contribution is -1.90. The van der Waals surface area contributed by atoms with Gasteiger partial charge in [-0.1, -0.05) is 0 Å². The molecule has 0 aliphatic carbocycles. The first-order chi connectivity index (χ1) is 4.86. The van der Waals surface area contributed by atoms with Crippen molar-refractivity contribution in [2.75, 3.05) is 23.7 Å². The maximum absolute atomic E-state index is 5.53. The van der Waals surface area contributed by atoms with Gasteiger partial charge in [-0.25, -0.2) is 0 Å². The molecule has 0 bridgehead atoms. The first-order valence-electron chi connectivity index (χ1n) is 3.47. The Bertz CT molecular complexity index is 224. The van der Waals surface area contributed by atoms with E-state index in [0.29, 0.717) is 0 Å². The van der Waals surface area contributed by atoms with Gasteiger partial charge in [0.15, 0.2) is 0 Å². The molecule has 0 spiro atoms. The number of nitrogen functional groups attached to an aromatic ring is 1. The molecule has 0 radical (unpaired) electrons. The van der Waals surface area contributed by atoms with Crippen molar-refractivity contribution < 1.29 is 0 Å². The summed E-state index contributed by atoms with van der Waals surface area (Å²) in [6.45, 7) is 2.40. The lowest BCUT2D eigenvalue weighted by Gasteiger charge is -2.00. The molecule has 2 rings (SSSR count). The predicted octanol–water partition coefficient (Wildman–Crippen LogP) is 1.09. The Hall–Kier alpha value is -1.18. The quantitative estimate of drug-likeness (QED) is 0.460. The average molecular weight is 134 g/mol. The summed E-state index contributed by atoms with van der Waals surface area (Å²) in [5, 5.41) is 0. The van der Waals surface area contributed by atoms with Crippen molar-refractivity contribution >= 4 is 11.4 Å². The summed E-state index contributed by atoms with van der Waals surface area (Å²) in [5.74, 6) is 0. The van der Waals surface area contributed by atoms with Crippen LogP contribution >= 0.6 is 0 Å². The molecule has 0 saturated carbocycles. The van der Waals surface area contributed by atoms with Crippen LogP contribution in [0.1, 0.15) is 0 Å². The number of hydrogen-bond donors (Lipinski definition) is 1. The van der Waals surface area contributed by atoms with Gasteiger partial charge >= 0.3 is 0 Å². The monoisotopic (exact) mass is 134 g/mol. The van der Waals surface area contributed by atoms with Crippen molar-refractivity contribution in [2.45, 2.75) is 0 Å². The summed E-state index contributed by atoms with van der Waals surface area (Å²) in [5.41, 5.74) is 7.65. The van der Waals surface area contributed by atoms with Gasteiger partial charge in [0.1, 0.15) is 0 Å². The third kappa shape index (κ3) is 0.923. The molecule has 1 heterocycles. The third-order valence-corrected chi connectivity index (χ3v) is 1.71. The van der Waals surface area contributed by atoms with Crippen LogP contribution in [-0.2, 0) is 0 Å². The van der Waals surface area contributed by atoms with Crippen LogP contribution in [0.4, 0.5) is 11.4 Å². The van der Waals surface area contributed by atoms with Crippen LogP contribution in [0.2, 0.25) is 0 Å². The first-order valence-corrected chi connectivity index (χ1v) is 3.47. The topological polar surface area (TPSA) is 29.0 Å². The molecule has 0 amide bonds. The molecular weight excluding hydrogens is 124 g/mol. The third-order valence-electron chi connectivity index (χ3n) is 1.71. The highest BCUT2D eigenvalue weighted by Crippen LogP contribution is 2.21. The number of anilines is 2. The Labute approximate surface area is 60.3 Å². The standard InChI is InChI=1S/C8H10N2/c9-7-1-3-8(4-2-7)10-5-6-10/h1-4H,5-6,9H2. The summed E-state index contributed by atoms with van der Waals surface area (Å²) in [6.07, 6.45) is 0. The molecule has 1 aromatic rings. The fourth-order valence-electron chi connectivity index (χ4n) is 0.993. The van der Waals surface area contributed by atoms with Crippen molar-refractivity contribution in [2.24, 2.45) is 0 Å². The Kier molecular flexibility index (Phi) is 1.07. The fourth-order valence-corrected chi connectivity index (χ4v) is 0.993. The normalized spacial score (nSPS) is 15.4. The number of benzene rings is 1. The molecule has 0 unspecified atom stereocenters. The van der Waals surface area contributed by atoms with E-state index in [1.165, 1.54) is 18.8 Å². The van der Waals surface area contributed by atoms with E-state index in [4.69, 9.17) is 5.73 Å². The van der Waals surface area contributed by atoms with Crippen LogP contribution in [-0.4, -0.2) is 13.1 Å². The lowest BCUT2D eigenvalue weighted by molar-refractivity contribution is 1.40. The van der Waals surface area contributed by atoms with Gasteiger partial charge in [-0.05, 0) is 24.3 Å². The minimum atomic E-state index is 0.839. The van der Waals surface area contributed by atoms with Crippen LogP contribution in [0.3, 0.4) is 0 Å². The van der Waals surface area contributed by atoms with Crippen molar-refractivity contribution in [3.8, 4) is 0 Å². The maximum Gasteiger partial charge on any atom is 0.0368 e. The molecule has 1 aliphatic heterocycles. The van der Waals surface area contributed by atoms with E-state index in [9.17, 15) is 0 Å². The van der Waals surface area contributed by atoms with Crippen molar-refractivity contribution in [3.05, 3.63) is 24.3 Å². The summed E-state index contributed by atoms with van der Waals surface area (Å²) in [4.78, 5) is 2.29. The number of hydrogen-bond acceptors (Lipinski definition) is 2. The van der Waals surface area contributed by atoms with Crippen LogP contribution < -0.4 is 10.6 Å². The molecule has 1 aromatic carbocycles. The van der Waals surface area contributed by atoms with Crippen molar-refractivity contribution in [1.82, 2.24) is 0 Å². The van der Waals surface area contributed by atoms with Gasteiger partial charge in [0, 0.05) is 24.5 Å². The number of nitrogens with two attached hydrogens (primary N) is 1. The van der Waals surface area contributed by atoms with Gasteiger partial charge < -0.3 is 10.6 Å². The van der Waals surface area contributed by atoms with Gasteiger partial charge in [0.25, 0.3) is 0 Å². The SMILES string of the molecule is Nc1ccc(N2CC2)cc1. The second-order valence-corrected chi connectivity index (χ2v) is 2.58. The van der Waals surface area contributed by atoms with Crippen LogP contribution in [0, 0.1) is 0 Å². The Morgan fingerprint density at radius 1 is 1.10 bits per heavy atom. The minimum Gasteiger partial charge on any atom is -0.399 e. The zero-order valence-corrected chi connectivity index (χ0v) is 5.75. The van der Waals surface area contributed by atoms with E-state index in [0.717, 1.165) is 5.69 Å². The highest BCUT2D eigenvalue weighted by molar-refractivity contribution is 5.56. The van der Waals surface area contributed by atoms with E-state index >= 15 is 0 Å². The van der Waals surface area contributed by atoms with Crippen molar-refractivity contribution in [3.63, 3.8) is 0 Å². The van der Waals surface area contributed by atoms with E-state index in [-0.39, 0.29) is 0 Å². The van der Waals surface area contributed by atoms with E-state index in [1.807, 2.05) is 12.1 Å². The molecule has 2 heteroatoms. The molecule has 52 valence electrons. The van der Waals surface area contributed by atoms with Gasteiger partial charge in [-0.3, -0.25) is 0 Å². The summed E-state index contributed by atoms with van der Waals surface area (Å²) in [6, 6.07) is 7.99. The van der Waals surface area contributed by atoms with Gasteiger partial charge in [0.05, 0.1) is 0 Å². The largest absolute Gasteiger partial charge is 0.399 e. The maximum atomic E-state index is 5.53. The minimum absolute atomic E-state index is 0.839. The average Bonchev–Trinajstić information content (AvgIpc) is 2.71. The smallest absolute Gasteiger partial charge is 0.0368 e. The molecule has 0 atom stereocenters. The molecule has 1 aliphatic rings. The fraction of sp³-hybridized carbons (Fsp3) is 0.250. The predicted molar refractivity (Wildman–Crippen MR) is 43.1 cm³/mol. The van der Waals surface area contributed by atoms with Gasteiger partial charge in [-0.15, -0.1) is 0 Å². The summed E-state index contributed by atoms with van der Waals surface area (Å²) in [7, 11) is 0. The highest BCUT2D eigenvalue weighted by atomic mass is 15.3. The van der Waals surface area contributed by atoms with Crippen LogP contribution in [0.15, 0.2) is 24.3 Å². The Balaban J connectivity index is 2.28. The molecule has 0 aromatic heterocycles. The summed E-state index contributed by atoms with van der Waals surface area (Å²) < 4.78 is 0. The highest BCUT2D eigenvalue weighted by Gasteiger charge is 2.16. The van der Waals surface area contributed by atoms with Gasteiger partial charge in [0.2, 0.25) is 0 Å². The number of rotatable bonds is 1. The zero-order valence-electron chi connectivity index (χ0n) is 5.75. The lowest BCUT2D eigenvalue weighted by atomic mass is 10.3. The van der Waals surface area contributed by atoms with Crippen molar-refractivity contribution in [1.29, 1.82) is 0 Å². The van der Waals surface area contributed by atoms with E-state index < -0.39 is 0 Å². The Morgan fingerprint density at radius 2 is 1.70 bits per heavy atom. The zero-order chi connectivity index (χ0) is 6.97. The second kappa shape index (κ2) is 1.90.